The lowest BCUT2D eigenvalue weighted by atomic mass is 10.3. The second kappa shape index (κ2) is 5.25. The Kier molecular flexibility index (Phi) is 5.19. The lowest BCUT2D eigenvalue weighted by Crippen LogP contribution is -2.44. The van der Waals surface area contributed by atoms with Gasteiger partial charge in [0.1, 0.15) is 0 Å². The molecule has 0 heterocycles. The Balaban J connectivity index is 4.53. The van der Waals surface area contributed by atoms with Gasteiger partial charge in [-0.3, -0.25) is 0 Å². The highest BCUT2D eigenvalue weighted by atomic mass is 32.2. The maximum Gasteiger partial charge on any atom is 0.218 e. The zero-order chi connectivity index (χ0) is 12.3. The topological polar surface area (TPSA) is 66.8 Å². The van der Waals surface area contributed by atoms with Crippen LogP contribution >= 0.6 is 0 Å². The van der Waals surface area contributed by atoms with Gasteiger partial charge in [-0.05, 0) is 20.8 Å². The molecule has 0 fully saturated rings. The molecule has 1 atom stereocenters. The number of ether oxygens (including phenoxy) is 1. The number of likely N-dealkylation sites (N-methyl/N-ethyl adjacent to an activating group) is 1. The normalized spacial score (nSPS) is 15.7. The van der Waals surface area contributed by atoms with Crippen LogP contribution in [-0.2, 0) is 14.8 Å². The second-order valence-corrected chi connectivity index (χ2v) is 7.31. The zero-order valence-electron chi connectivity index (χ0n) is 10.0. The van der Waals surface area contributed by atoms with Gasteiger partial charge in [-0.2, -0.15) is 0 Å². The van der Waals surface area contributed by atoms with E-state index in [2.05, 4.69) is 0 Å². The lowest BCUT2D eigenvalue weighted by molar-refractivity contribution is 0.0551. The summed E-state index contributed by atoms with van der Waals surface area (Å²) in [7, 11) is -0.454. The van der Waals surface area contributed by atoms with Crippen molar-refractivity contribution in [3.8, 4) is 0 Å². The second-order valence-electron chi connectivity index (χ2n) is 4.51. The van der Waals surface area contributed by atoms with Crippen molar-refractivity contribution in [3.05, 3.63) is 0 Å². The van der Waals surface area contributed by atoms with Crippen molar-refractivity contribution in [2.75, 3.05) is 27.3 Å². The van der Waals surface area contributed by atoms with Crippen molar-refractivity contribution < 1.29 is 18.3 Å². The molecule has 0 saturated carbocycles. The molecule has 1 N–H and O–H groups in total. The molecule has 0 aliphatic heterocycles. The van der Waals surface area contributed by atoms with Gasteiger partial charge in [0.25, 0.3) is 0 Å². The molecule has 0 aliphatic carbocycles. The molecule has 0 aromatic heterocycles. The molecule has 15 heavy (non-hydrogen) atoms. The fraction of sp³-hybridized carbons (Fsp3) is 1.00. The zero-order valence-corrected chi connectivity index (χ0v) is 10.8. The summed E-state index contributed by atoms with van der Waals surface area (Å²) in [6.45, 7) is 5.06. The number of methoxy groups -OCH3 is 1. The Morgan fingerprint density at radius 3 is 2.20 bits per heavy atom. The van der Waals surface area contributed by atoms with Gasteiger partial charge >= 0.3 is 0 Å². The average Bonchev–Trinajstić information content (AvgIpc) is 2.02. The predicted octanol–water partition coefficient (Wildman–Crippen LogP) is 0.0538. The number of sulfonamides is 1. The van der Waals surface area contributed by atoms with E-state index in [-0.39, 0.29) is 13.2 Å². The molecule has 0 aliphatic rings. The van der Waals surface area contributed by atoms with Gasteiger partial charge in [0, 0.05) is 20.7 Å². The molecule has 1 unspecified atom stereocenters. The Morgan fingerprint density at radius 1 is 1.40 bits per heavy atom. The van der Waals surface area contributed by atoms with Gasteiger partial charge in [0.2, 0.25) is 10.0 Å². The van der Waals surface area contributed by atoms with E-state index < -0.39 is 20.9 Å². The third-order valence-electron chi connectivity index (χ3n) is 2.01. The van der Waals surface area contributed by atoms with Crippen LogP contribution < -0.4 is 0 Å². The molecule has 0 aromatic rings. The lowest BCUT2D eigenvalue weighted by Gasteiger charge is -2.28. The Labute approximate surface area is 92.1 Å². The molecule has 0 spiro atoms. The molecule has 0 bridgehead atoms. The maximum absolute atomic E-state index is 11.9. The highest BCUT2D eigenvalue weighted by Gasteiger charge is 2.33. The largest absolute Gasteiger partial charge is 0.389 e. The van der Waals surface area contributed by atoms with Gasteiger partial charge in [-0.25, -0.2) is 12.7 Å². The third kappa shape index (κ3) is 4.06. The van der Waals surface area contributed by atoms with Crippen LogP contribution in [0.2, 0.25) is 0 Å². The SMILES string of the molecule is COCC(O)CN(C)S(=O)(=O)C(C)(C)C. The summed E-state index contributed by atoms with van der Waals surface area (Å²) in [5.74, 6) is 0. The molecular formula is C9H21NO4S. The quantitative estimate of drug-likeness (QED) is 0.736. The van der Waals surface area contributed by atoms with E-state index in [9.17, 15) is 13.5 Å². The molecule has 92 valence electrons. The summed E-state index contributed by atoms with van der Waals surface area (Å²) in [6, 6.07) is 0. The summed E-state index contributed by atoms with van der Waals surface area (Å²) in [5, 5.41) is 9.42. The van der Waals surface area contributed by atoms with E-state index >= 15 is 0 Å². The van der Waals surface area contributed by atoms with Crippen LogP contribution in [0.3, 0.4) is 0 Å². The molecule has 5 nitrogen and oxygen atoms in total. The summed E-state index contributed by atoms with van der Waals surface area (Å²) in [5.41, 5.74) is 0. The number of nitrogens with zero attached hydrogens (tertiary/aromatic N) is 1. The molecular weight excluding hydrogens is 218 g/mol. The van der Waals surface area contributed by atoms with E-state index in [0.29, 0.717) is 0 Å². The first-order chi connectivity index (χ1) is 6.63. The minimum atomic E-state index is -3.37. The van der Waals surface area contributed by atoms with Gasteiger partial charge in [-0.1, -0.05) is 0 Å². The van der Waals surface area contributed by atoms with Crippen molar-refractivity contribution in [2.45, 2.75) is 31.6 Å². The van der Waals surface area contributed by atoms with Crippen LogP contribution in [0.4, 0.5) is 0 Å². The summed E-state index contributed by atoms with van der Waals surface area (Å²) in [4.78, 5) is 0. The molecule has 0 radical (unpaired) electrons. The van der Waals surface area contributed by atoms with Crippen molar-refractivity contribution >= 4 is 10.0 Å². The van der Waals surface area contributed by atoms with E-state index in [1.807, 2.05) is 0 Å². The first-order valence-corrected chi connectivity index (χ1v) is 6.20. The van der Waals surface area contributed by atoms with E-state index in [1.54, 1.807) is 20.8 Å². The van der Waals surface area contributed by atoms with E-state index in [4.69, 9.17) is 4.74 Å². The number of rotatable bonds is 5. The van der Waals surface area contributed by atoms with Crippen molar-refractivity contribution in [3.63, 3.8) is 0 Å². The fourth-order valence-electron chi connectivity index (χ4n) is 1.11. The van der Waals surface area contributed by atoms with Crippen LogP contribution in [0.25, 0.3) is 0 Å². The number of hydrogen-bond donors (Lipinski definition) is 1. The van der Waals surface area contributed by atoms with Crippen LogP contribution in [0.1, 0.15) is 20.8 Å². The highest BCUT2D eigenvalue weighted by molar-refractivity contribution is 7.90. The van der Waals surface area contributed by atoms with Crippen LogP contribution in [0, 0.1) is 0 Å². The van der Waals surface area contributed by atoms with Crippen LogP contribution in [0.15, 0.2) is 0 Å². The van der Waals surface area contributed by atoms with Crippen LogP contribution in [-0.4, -0.2) is 56.0 Å². The fourth-order valence-corrected chi connectivity index (χ4v) is 2.41. The number of aliphatic hydroxyl groups excluding tert-OH is 1. The van der Waals surface area contributed by atoms with Crippen molar-refractivity contribution in [1.82, 2.24) is 4.31 Å². The van der Waals surface area contributed by atoms with Crippen molar-refractivity contribution in [2.24, 2.45) is 0 Å². The standard InChI is InChI=1S/C9H21NO4S/c1-9(2,3)15(12,13)10(4)6-8(11)7-14-5/h8,11H,6-7H2,1-5H3. The number of aliphatic hydroxyl groups is 1. The molecule has 0 amide bonds. The summed E-state index contributed by atoms with van der Waals surface area (Å²) in [6.07, 6.45) is -0.794. The summed E-state index contributed by atoms with van der Waals surface area (Å²) < 4.78 is 28.8. The monoisotopic (exact) mass is 239 g/mol. The Morgan fingerprint density at radius 2 is 1.87 bits per heavy atom. The Hall–Kier alpha value is -0.170. The van der Waals surface area contributed by atoms with Crippen LogP contribution in [0.5, 0.6) is 0 Å². The highest BCUT2D eigenvalue weighted by Crippen LogP contribution is 2.18. The van der Waals surface area contributed by atoms with Crippen molar-refractivity contribution in [1.29, 1.82) is 0 Å². The van der Waals surface area contributed by atoms with Gasteiger partial charge in [0.05, 0.1) is 17.5 Å². The van der Waals surface area contributed by atoms with E-state index in [1.165, 1.54) is 14.2 Å². The molecule has 0 rings (SSSR count). The van der Waals surface area contributed by atoms with Gasteiger partial charge in [0.15, 0.2) is 0 Å². The molecule has 0 saturated heterocycles. The molecule has 0 aromatic carbocycles. The first kappa shape index (κ1) is 14.8. The van der Waals surface area contributed by atoms with Gasteiger partial charge < -0.3 is 9.84 Å². The summed E-state index contributed by atoms with van der Waals surface area (Å²) >= 11 is 0. The molecule has 6 heteroatoms. The Bertz CT molecular complexity index is 281. The van der Waals surface area contributed by atoms with E-state index in [0.717, 1.165) is 4.31 Å². The third-order valence-corrected chi connectivity index (χ3v) is 4.53. The van der Waals surface area contributed by atoms with Gasteiger partial charge in [-0.15, -0.1) is 0 Å². The minimum Gasteiger partial charge on any atom is -0.389 e. The average molecular weight is 239 g/mol. The number of hydrogen-bond acceptors (Lipinski definition) is 4. The minimum absolute atomic E-state index is 0.0491. The smallest absolute Gasteiger partial charge is 0.218 e. The maximum atomic E-state index is 11.9. The first-order valence-electron chi connectivity index (χ1n) is 4.76. The predicted molar refractivity (Wildman–Crippen MR) is 59.2 cm³/mol.